The summed E-state index contributed by atoms with van der Waals surface area (Å²) < 4.78 is 0. The van der Waals surface area contributed by atoms with Crippen LogP contribution in [0.3, 0.4) is 0 Å². The Hall–Kier alpha value is -1.35. The number of benzene rings is 1. The van der Waals surface area contributed by atoms with Crippen molar-refractivity contribution in [3.05, 3.63) is 35.4 Å². The Labute approximate surface area is 83.6 Å². The van der Waals surface area contributed by atoms with Crippen LogP contribution >= 0.6 is 0 Å². The van der Waals surface area contributed by atoms with Gasteiger partial charge in [-0.05, 0) is 25.0 Å². The Kier molecular flexibility index (Phi) is 3.65. The normalized spacial score (nSPS) is 12.2. The molecule has 1 aromatic carbocycles. The zero-order valence-corrected chi connectivity index (χ0v) is 8.61. The van der Waals surface area contributed by atoms with Crippen molar-refractivity contribution in [2.45, 2.75) is 19.8 Å². The van der Waals surface area contributed by atoms with Crippen molar-refractivity contribution in [2.75, 3.05) is 7.11 Å². The molecule has 3 heteroatoms. The fourth-order valence-electron chi connectivity index (χ4n) is 1.35. The smallest absolute Gasteiger partial charge is 0.298 e. The summed E-state index contributed by atoms with van der Waals surface area (Å²) in [5.74, 6) is -0.669. The first-order valence-electron chi connectivity index (χ1n) is 4.47. The highest BCUT2D eigenvalue weighted by molar-refractivity contribution is 5.77. The van der Waals surface area contributed by atoms with Gasteiger partial charge in [-0.1, -0.05) is 24.3 Å². The molecule has 0 fully saturated rings. The molecule has 14 heavy (non-hydrogen) atoms. The van der Waals surface area contributed by atoms with Gasteiger partial charge in [0.05, 0.1) is 13.0 Å². The van der Waals surface area contributed by atoms with Crippen LogP contribution < -0.4 is 0 Å². The number of hydrogen-bond donors (Lipinski definition) is 0. The third-order valence-corrected chi connectivity index (χ3v) is 2.17. The topological polar surface area (TPSA) is 35.5 Å². The molecule has 0 aromatic heterocycles. The van der Waals surface area contributed by atoms with Gasteiger partial charge in [0, 0.05) is 0 Å². The molecular weight excluding hydrogens is 180 g/mol. The van der Waals surface area contributed by atoms with Gasteiger partial charge in [0.2, 0.25) is 0 Å². The van der Waals surface area contributed by atoms with Crippen LogP contribution in [-0.2, 0) is 14.6 Å². The summed E-state index contributed by atoms with van der Waals surface area (Å²) in [6.07, 6.45) is 0. The van der Waals surface area contributed by atoms with Crippen LogP contribution in [0, 0.1) is 6.92 Å². The van der Waals surface area contributed by atoms with Crippen molar-refractivity contribution in [1.29, 1.82) is 0 Å². The summed E-state index contributed by atoms with van der Waals surface area (Å²) >= 11 is 0. The lowest BCUT2D eigenvalue weighted by Gasteiger charge is -2.11. The number of hydrogen-bond acceptors (Lipinski definition) is 3. The van der Waals surface area contributed by atoms with Crippen molar-refractivity contribution in [3.63, 3.8) is 0 Å². The summed E-state index contributed by atoms with van der Waals surface area (Å²) in [6.45, 7) is 3.76. The molecule has 0 aliphatic rings. The average molecular weight is 194 g/mol. The van der Waals surface area contributed by atoms with Gasteiger partial charge in [0.25, 0.3) is 0 Å². The van der Waals surface area contributed by atoms with E-state index in [-0.39, 0.29) is 11.9 Å². The van der Waals surface area contributed by atoms with Gasteiger partial charge in [-0.25, -0.2) is 4.79 Å². The number of rotatable bonds is 3. The Balaban J connectivity index is 2.84. The molecular formula is C11H14O3. The third-order valence-electron chi connectivity index (χ3n) is 2.17. The van der Waals surface area contributed by atoms with E-state index in [1.165, 1.54) is 7.11 Å². The second kappa shape index (κ2) is 4.77. The van der Waals surface area contributed by atoms with Gasteiger partial charge >= 0.3 is 5.97 Å². The molecule has 0 radical (unpaired) electrons. The standard InChI is InChI=1S/C11H14O3/c1-8-6-4-5-7-10(8)9(2)11(12)14-13-3/h4-7,9H,1-3H3. The van der Waals surface area contributed by atoms with E-state index in [0.29, 0.717) is 0 Å². The number of aryl methyl sites for hydroxylation is 1. The van der Waals surface area contributed by atoms with Crippen molar-refractivity contribution in [1.82, 2.24) is 0 Å². The van der Waals surface area contributed by atoms with E-state index in [9.17, 15) is 4.79 Å². The van der Waals surface area contributed by atoms with Crippen molar-refractivity contribution in [3.8, 4) is 0 Å². The largest absolute Gasteiger partial charge is 0.349 e. The Morgan fingerprint density at radius 2 is 2.00 bits per heavy atom. The van der Waals surface area contributed by atoms with Crippen LogP contribution in [0.25, 0.3) is 0 Å². The molecule has 0 heterocycles. The van der Waals surface area contributed by atoms with E-state index in [0.717, 1.165) is 11.1 Å². The molecule has 0 aliphatic carbocycles. The Morgan fingerprint density at radius 3 is 2.57 bits per heavy atom. The molecule has 3 nitrogen and oxygen atoms in total. The summed E-state index contributed by atoms with van der Waals surface area (Å²) in [5.41, 5.74) is 2.04. The van der Waals surface area contributed by atoms with Gasteiger partial charge in [0.15, 0.2) is 0 Å². The van der Waals surface area contributed by atoms with E-state index >= 15 is 0 Å². The Morgan fingerprint density at radius 1 is 1.36 bits per heavy atom. The van der Waals surface area contributed by atoms with Crippen LogP contribution in [0.5, 0.6) is 0 Å². The molecule has 0 spiro atoms. The van der Waals surface area contributed by atoms with Crippen LogP contribution in [0.1, 0.15) is 24.0 Å². The molecule has 0 bridgehead atoms. The molecule has 0 saturated carbocycles. The average Bonchev–Trinajstić information content (AvgIpc) is 2.18. The van der Waals surface area contributed by atoms with Gasteiger partial charge in [-0.3, -0.25) is 4.89 Å². The maximum atomic E-state index is 11.3. The highest BCUT2D eigenvalue weighted by Gasteiger charge is 2.18. The lowest BCUT2D eigenvalue weighted by atomic mass is 9.97. The first-order chi connectivity index (χ1) is 6.66. The molecule has 1 atom stereocenters. The van der Waals surface area contributed by atoms with E-state index < -0.39 is 0 Å². The summed E-state index contributed by atoms with van der Waals surface area (Å²) in [7, 11) is 1.32. The minimum absolute atomic E-state index is 0.295. The van der Waals surface area contributed by atoms with Crippen LogP contribution in [0.2, 0.25) is 0 Å². The van der Waals surface area contributed by atoms with Crippen molar-refractivity contribution < 1.29 is 14.6 Å². The fraction of sp³-hybridized carbons (Fsp3) is 0.364. The zero-order chi connectivity index (χ0) is 10.6. The summed E-state index contributed by atoms with van der Waals surface area (Å²) in [5, 5.41) is 0. The molecule has 1 aromatic rings. The van der Waals surface area contributed by atoms with E-state index in [1.807, 2.05) is 31.2 Å². The van der Waals surface area contributed by atoms with Crippen molar-refractivity contribution in [2.24, 2.45) is 0 Å². The Bertz CT molecular complexity index is 320. The molecule has 76 valence electrons. The number of carbonyl (C=O) groups excluding carboxylic acids is 1. The molecule has 1 unspecified atom stereocenters. The second-order valence-corrected chi connectivity index (χ2v) is 3.15. The third kappa shape index (κ3) is 2.33. The van der Waals surface area contributed by atoms with E-state index in [4.69, 9.17) is 0 Å². The van der Waals surface area contributed by atoms with Crippen LogP contribution in [-0.4, -0.2) is 13.1 Å². The van der Waals surface area contributed by atoms with Gasteiger partial charge in [-0.2, -0.15) is 4.89 Å². The fourth-order valence-corrected chi connectivity index (χ4v) is 1.35. The maximum absolute atomic E-state index is 11.3. The zero-order valence-electron chi connectivity index (χ0n) is 8.61. The quantitative estimate of drug-likeness (QED) is 0.546. The minimum Gasteiger partial charge on any atom is -0.298 e. The summed E-state index contributed by atoms with van der Waals surface area (Å²) in [6, 6.07) is 7.72. The predicted octanol–water partition coefficient (Wildman–Crippen LogP) is 2.20. The molecule has 0 N–H and O–H groups in total. The molecule has 0 saturated heterocycles. The van der Waals surface area contributed by atoms with E-state index in [1.54, 1.807) is 6.92 Å². The SMILES string of the molecule is COOC(=O)C(C)c1ccccc1C. The molecule has 0 aliphatic heterocycles. The minimum atomic E-state index is -0.373. The lowest BCUT2D eigenvalue weighted by molar-refractivity contribution is -0.256. The monoisotopic (exact) mass is 194 g/mol. The molecule has 1 rings (SSSR count). The highest BCUT2D eigenvalue weighted by atomic mass is 17.2. The van der Waals surface area contributed by atoms with Gasteiger partial charge in [0.1, 0.15) is 0 Å². The first kappa shape index (κ1) is 10.7. The number of carbonyl (C=O) groups is 1. The van der Waals surface area contributed by atoms with Gasteiger partial charge < -0.3 is 0 Å². The predicted molar refractivity (Wildman–Crippen MR) is 52.7 cm³/mol. The molecule has 0 amide bonds. The first-order valence-corrected chi connectivity index (χ1v) is 4.47. The van der Waals surface area contributed by atoms with Crippen molar-refractivity contribution >= 4 is 5.97 Å². The summed E-state index contributed by atoms with van der Waals surface area (Å²) in [4.78, 5) is 20.2. The van der Waals surface area contributed by atoms with Crippen LogP contribution in [0.4, 0.5) is 0 Å². The second-order valence-electron chi connectivity index (χ2n) is 3.15. The van der Waals surface area contributed by atoms with Gasteiger partial charge in [-0.15, -0.1) is 0 Å². The van der Waals surface area contributed by atoms with E-state index in [2.05, 4.69) is 9.78 Å². The maximum Gasteiger partial charge on any atom is 0.349 e. The highest BCUT2D eigenvalue weighted by Crippen LogP contribution is 2.20. The lowest BCUT2D eigenvalue weighted by Crippen LogP contribution is -2.13. The van der Waals surface area contributed by atoms with Crippen LogP contribution in [0.15, 0.2) is 24.3 Å².